The van der Waals surface area contributed by atoms with Crippen LogP contribution in [0.15, 0.2) is 41.1 Å². The number of amides is 2. The van der Waals surface area contributed by atoms with Gasteiger partial charge < -0.3 is 19.5 Å². The molecule has 0 saturated carbocycles. The molecule has 0 aromatic carbocycles. The maximum Gasteiger partial charge on any atom is 0.289 e. The van der Waals surface area contributed by atoms with E-state index in [0.717, 1.165) is 25.1 Å². The number of furan rings is 1. The lowest BCUT2D eigenvalue weighted by molar-refractivity contribution is 0.0515. The van der Waals surface area contributed by atoms with Crippen molar-refractivity contribution in [3.8, 4) is 0 Å². The lowest BCUT2D eigenvalue weighted by Gasteiger charge is -2.34. The van der Waals surface area contributed by atoms with E-state index < -0.39 is 0 Å². The molecular formula is C19H24N4O3. The number of aromatic nitrogens is 1. The van der Waals surface area contributed by atoms with Crippen molar-refractivity contribution in [2.75, 3.05) is 38.0 Å². The average molecular weight is 356 g/mol. The first-order chi connectivity index (χ1) is 12.7. The predicted molar refractivity (Wildman–Crippen MR) is 98.1 cm³/mol. The summed E-state index contributed by atoms with van der Waals surface area (Å²) in [5.74, 6) is 0.0916. The molecular weight excluding hydrogens is 332 g/mol. The largest absolute Gasteiger partial charge is 0.459 e. The molecule has 1 N–H and O–H groups in total. The lowest BCUT2D eigenvalue weighted by Crippen LogP contribution is -2.50. The van der Waals surface area contributed by atoms with Crippen LogP contribution in [0.5, 0.6) is 0 Å². The third kappa shape index (κ3) is 4.22. The topological polar surface area (TPSA) is 78.7 Å². The Labute approximate surface area is 153 Å². The molecule has 0 spiro atoms. The number of hydrogen-bond donors (Lipinski definition) is 1. The van der Waals surface area contributed by atoms with Gasteiger partial charge in [0.25, 0.3) is 11.8 Å². The number of anilines is 1. The Morgan fingerprint density at radius 1 is 1.15 bits per heavy atom. The highest BCUT2D eigenvalue weighted by Gasteiger charge is 2.27. The number of nitrogens with one attached hydrogen (secondary N) is 1. The van der Waals surface area contributed by atoms with Crippen molar-refractivity contribution in [3.05, 3.63) is 48.2 Å². The van der Waals surface area contributed by atoms with Crippen LogP contribution >= 0.6 is 0 Å². The summed E-state index contributed by atoms with van der Waals surface area (Å²) < 4.78 is 5.16. The second kappa shape index (κ2) is 8.51. The molecule has 138 valence electrons. The summed E-state index contributed by atoms with van der Waals surface area (Å²) in [6, 6.07) is 7.01. The molecule has 7 heteroatoms. The average Bonchev–Trinajstić information content (AvgIpc) is 3.22. The highest BCUT2D eigenvalue weighted by molar-refractivity contribution is 5.94. The molecule has 2 aromatic heterocycles. The van der Waals surface area contributed by atoms with Gasteiger partial charge in [-0.1, -0.05) is 13.3 Å². The molecule has 3 heterocycles. The summed E-state index contributed by atoms with van der Waals surface area (Å²) in [6.07, 6.45) is 5.33. The summed E-state index contributed by atoms with van der Waals surface area (Å²) in [6.45, 7) is 4.96. The Bertz CT molecular complexity index is 737. The number of pyridine rings is 1. The molecule has 1 aliphatic heterocycles. The Balaban J connectivity index is 1.56. The van der Waals surface area contributed by atoms with Crippen molar-refractivity contribution in [3.63, 3.8) is 0 Å². The van der Waals surface area contributed by atoms with Gasteiger partial charge in [-0.2, -0.15) is 0 Å². The summed E-state index contributed by atoms with van der Waals surface area (Å²) in [5.41, 5.74) is 1.33. The minimum atomic E-state index is -0.137. The normalized spacial score (nSPS) is 14.3. The van der Waals surface area contributed by atoms with Crippen molar-refractivity contribution in [2.24, 2.45) is 0 Å². The van der Waals surface area contributed by atoms with Gasteiger partial charge in [0.2, 0.25) is 0 Å². The molecule has 1 saturated heterocycles. The standard InChI is InChI=1S/C19H24N4O3/c1-2-3-7-20-15-6-8-21-16(14-15)18(24)22-9-11-23(12-10-22)19(25)17-5-4-13-26-17/h4-6,8,13-14H,2-3,7,9-12H2,1H3,(H,20,21). The zero-order valence-electron chi connectivity index (χ0n) is 15.0. The van der Waals surface area contributed by atoms with Crippen molar-refractivity contribution in [1.29, 1.82) is 0 Å². The number of rotatable bonds is 6. The summed E-state index contributed by atoms with van der Waals surface area (Å²) in [4.78, 5) is 32.6. The van der Waals surface area contributed by atoms with Crippen molar-refractivity contribution < 1.29 is 14.0 Å². The Morgan fingerprint density at radius 2 is 1.88 bits per heavy atom. The Hall–Kier alpha value is -2.83. The van der Waals surface area contributed by atoms with Gasteiger partial charge in [0.05, 0.1) is 6.26 Å². The summed E-state index contributed by atoms with van der Waals surface area (Å²) >= 11 is 0. The van der Waals surface area contributed by atoms with Gasteiger partial charge in [-0.15, -0.1) is 0 Å². The van der Waals surface area contributed by atoms with Gasteiger partial charge in [-0.3, -0.25) is 14.6 Å². The maximum absolute atomic E-state index is 12.7. The zero-order chi connectivity index (χ0) is 18.4. The third-order valence-electron chi connectivity index (χ3n) is 4.42. The van der Waals surface area contributed by atoms with Crippen LogP contribution in [0.1, 0.15) is 40.8 Å². The molecule has 0 aliphatic carbocycles. The van der Waals surface area contributed by atoms with E-state index in [1.54, 1.807) is 34.2 Å². The third-order valence-corrected chi connectivity index (χ3v) is 4.42. The van der Waals surface area contributed by atoms with Crippen LogP contribution in [0.3, 0.4) is 0 Å². The van der Waals surface area contributed by atoms with Crippen LogP contribution in [-0.2, 0) is 0 Å². The first-order valence-electron chi connectivity index (χ1n) is 9.01. The molecule has 7 nitrogen and oxygen atoms in total. The van der Waals surface area contributed by atoms with Gasteiger partial charge >= 0.3 is 0 Å². The number of carbonyl (C=O) groups excluding carboxylic acids is 2. The number of hydrogen-bond acceptors (Lipinski definition) is 5. The van der Waals surface area contributed by atoms with E-state index in [2.05, 4.69) is 17.2 Å². The first kappa shape index (κ1) is 18.0. The van der Waals surface area contributed by atoms with Gasteiger partial charge in [-0.05, 0) is 30.7 Å². The smallest absolute Gasteiger partial charge is 0.289 e. The Morgan fingerprint density at radius 3 is 2.54 bits per heavy atom. The minimum absolute atomic E-state index is 0.103. The van der Waals surface area contributed by atoms with Crippen LogP contribution < -0.4 is 5.32 Å². The fraction of sp³-hybridized carbons (Fsp3) is 0.421. The van der Waals surface area contributed by atoms with Crippen molar-refractivity contribution in [1.82, 2.24) is 14.8 Å². The van der Waals surface area contributed by atoms with Crippen LogP contribution in [-0.4, -0.2) is 59.3 Å². The molecule has 0 unspecified atom stereocenters. The molecule has 2 amide bonds. The number of carbonyl (C=O) groups is 2. The van der Waals surface area contributed by atoms with E-state index in [-0.39, 0.29) is 11.8 Å². The highest BCUT2D eigenvalue weighted by atomic mass is 16.3. The van der Waals surface area contributed by atoms with Crippen LogP contribution in [0.25, 0.3) is 0 Å². The highest BCUT2D eigenvalue weighted by Crippen LogP contribution is 2.14. The number of unbranched alkanes of at least 4 members (excludes halogenated alkanes) is 1. The molecule has 0 bridgehead atoms. The maximum atomic E-state index is 12.7. The molecule has 26 heavy (non-hydrogen) atoms. The fourth-order valence-electron chi connectivity index (χ4n) is 2.90. The lowest BCUT2D eigenvalue weighted by atomic mass is 10.2. The summed E-state index contributed by atoms with van der Waals surface area (Å²) in [7, 11) is 0. The van der Waals surface area contributed by atoms with Gasteiger partial charge in [0.1, 0.15) is 5.69 Å². The van der Waals surface area contributed by atoms with Crippen molar-refractivity contribution in [2.45, 2.75) is 19.8 Å². The van der Waals surface area contributed by atoms with E-state index in [0.29, 0.717) is 37.6 Å². The molecule has 1 aliphatic rings. The first-order valence-corrected chi connectivity index (χ1v) is 9.01. The second-order valence-corrected chi connectivity index (χ2v) is 6.27. The van der Waals surface area contributed by atoms with Crippen LogP contribution in [0.2, 0.25) is 0 Å². The van der Waals surface area contributed by atoms with Gasteiger partial charge in [0, 0.05) is 44.6 Å². The van der Waals surface area contributed by atoms with Crippen LogP contribution in [0, 0.1) is 0 Å². The second-order valence-electron chi connectivity index (χ2n) is 6.27. The van der Waals surface area contributed by atoms with E-state index in [1.165, 1.54) is 6.26 Å². The number of piperazine rings is 1. The van der Waals surface area contributed by atoms with E-state index >= 15 is 0 Å². The summed E-state index contributed by atoms with van der Waals surface area (Å²) in [5, 5.41) is 3.31. The fourth-order valence-corrected chi connectivity index (χ4v) is 2.90. The minimum Gasteiger partial charge on any atom is -0.459 e. The quantitative estimate of drug-likeness (QED) is 0.805. The van der Waals surface area contributed by atoms with Gasteiger partial charge in [-0.25, -0.2) is 0 Å². The van der Waals surface area contributed by atoms with E-state index in [9.17, 15) is 9.59 Å². The Kier molecular flexibility index (Phi) is 5.88. The van der Waals surface area contributed by atoms with E-state index in [1.807, 2.05) is 6.07 Å². The zero-order valence-corrected chi connectivity index (χ0v) is 15.0. The van der Waals surface area contributed by atoms with Crippen molar-refractivity contribution >= 4 is 17.5 Å². The molecule has 0 atom stereocenters. The number of nitrogens with zero attached hydrogens (tertiary/aromatic N) is 3. The SMILES string of the molecule is CCCCNc1ccnc(C(=O)N2CCN(C(=O)c3ccco3)CC2)c1. The monoisotopic (exact) mass is 356 g/mol. The molecule has 0 radical (unpaired) electrons. The van der Waals surface area contributed by atoms with Crippen LogP contribution in [0.4, 0.5) is 5.69 Å². The van der Waals surface area contributed by atoms with Gasteiger partial charge in [0.15, 0.2) is 5.76 Å². The molecule has 2 aromatic rings. The molecule has 3 rings (SSSR count). The van der Waals surface area contributed by atoms with E-state index in [4.69, 9.17) is 4.42 Å². The molecule has 1 fully saturated rings. The predicted octanol–water partition coefficient (Wildman–Crippen LogP) is 2.48.